The van der Waals surface area contributed by atoms with Gasteiger partial charge in [-0.2, -0.15) is 0 Å². The van der Waals surface area contributed by atoms with Crippen LogP contribution >= 0.6 is 0 Å². The maximum Gasteiger partial charge on any atom is 0.324 e. The van der Waals surface area contributed by atoms with E-state index in [1.54, 1.807) is 48.5 Å². The van der Waals surface area contributed by atoms with Gasteiger partial charge in [-0.3, -0.25) is 53.3 Å². The zero-order valence-electron chi connectivity index (χ0n) is 53.9. The summed E-state index contributed by atoms with van der Waals surface area (Å²) in [4.78, 5) is 179. The maximum absolute atomic E-state index is 15.0. The number of carbonyl (C=O) groups is 12. The van der Waals surface area contributed by atoms with Gasteiger partial charge in [0, 0.05) is 55.8 Å². The minimum absolute atomic E-state index is 0.0184. The molecule has 82 heavy (non-hydrogen) atoms. The van der Waals surface area contributed by atoms with Gasteiger partial charge in [-0.1, -0.05) is 104 Å². The van der Waals surface area contributed by atoms with Crippen molar-refractivity contribution in [3.8, 4) is 0 Å². The molecule has 6 unspecified atom stereocenters. The van der Waals surface area contributed by atoms with Crippen LogP contribution in [-0.4, -0.2) is 216 Å². The molecule has 0 aromatic rings. The average molecular weight is 1160 g/mol. The largest absolute Gasteiger partial charge is 0.343 e. The van der Waals surface area contributed by atoms with Crippen LogP contribution in [0.3, 0.4) is 0 Å². The van der Waals surface area contributed by atoms with E-state index >= 15 is 9.59 Å². The normalized spacial score (nSPS) is 25.9. The Morgan fingerprint density at radius 1 is 0.415 bits per heavy atom. The smallest absolute Gasteiger partial charge is 0.324 e. The molecule has 1 fully saturated rings. The Morgan fingerprint density at radius 3 is 1.21 bits per heavy atom. The zero-order valence-corrected chi connectivity index (χ0v) is 53.9. The molecule has 23 heteroatoms. The fourth-order valence-electron chi connectivity index (χ4n) is 10.1. The highest BCUT2D eigenvalue weighted by atomic mass is 16.2. The summed E-state index contributed by atoms with van der Waals surface area (Å²) < 4.78 is 0. The second-order valence-corrected chi connectivity index (χ2v) is 25.6. The van der Waals surface area contributed by atoms with E-state index in [4.69, 9.17) is 0 Å². The van der Waals surface area contributed by atoms with Crippen molar-refractivity contribution in [2.75, 3.05) is 55.9 Å². The first-order chi connectivity index (χ1) is 37.7. The van der Waals surface area contributed by atoms with Crippen LogP contribution in [0, 0.1) is 47.3 Å². The van der Waals surface area contributed by atoms with Crippen LogP contribution in [-0.2, 0) is 52.7 Å². The Kier molecular flexibility index (Phi) is 29.9. The van der Waals surface area contributed by atoms with Crippen molar-refractivity contribution in [3.63, 3.8) is 0 Å². The monoisotopic (exact) mass is 1160 g/mol. The lowest BCUT2D eigenvalue weighted by Gasteiger charge is -2.41. The lowest BCUT2D eigenvalue weighted by atomic mass is 9.93. The van der Waals surface area contributed by atoms with Crippen LogP contribution in [0.1, 0.15) is 149 Å². The summed E-state index contributed by atoms with van der Waals surface area (Å²) >= 11 is 0. The summed E-state index contributed by atoms with van der Waals surface area (Å²) in [6, 6.07) is -11.9. The van der Waals surface area contributed by atoms with Crippen molar-refractivity contribution in [3.05, 3.63) is 0 Å². The van der Waals surface area contributed by atoms with E-state index in [1.165, 1.54) is 80.8 Å². The molecule has 0 aromatic carbocycles. The Morgan fingerprint density at radius 2 is 0.780 bits per heavy atom. The molecular formula is C59H105N11O12. The number of nitrogens with one attached hydrogen (secondary N) is 4. The molecule has 468 valence electrons. The fourth-order valence-corrected chi connectivity index (χ4v) is 10.1. The summed E-state index contributed by atoms with van der Waals surface area (Å²) in [7, 11) is 9.87. The standard InChI is InChI=1S/C59H105N11O12/c1-32(2)26-41-52(75)62-48(37(11)12)57(80)66(19)42(27-33(3)4)51(74)60-40(16)50(73)63-59(82)69(22)45(29-35(7)8)54(77)68(21)44(28-34(5)6)55(78)70(23)49(38(13)14)58(81)67(20)43(30-39(15)24-25-71)53(76)61-47(36(9)10)56(79)64(17)31-46(72)65(41)18/h25,32-45,47-49H,24,26-31H2,1-23H3,(H,60,74)(H,61,76)(H,62,75)(H,63,73,82)/t39-,40-,41+,42?,43?,44?,45-,47?,48?,49?/m1/s1. The third kappa shape index (κ3) is 20.9. The number of urea groups is 1. The van der Waals surface area contributed by atoms with Gasteiger partial charge in [0.1, 0.15) is 60.7 Å². The quantitative estimate of drug-likeness (QED) is 0.172. The van der Waals surface area contributed by atoms with Gasteiger partial charge in [0.15, 0.2) is 0 Å². The third-order valence-corrected chi connectivity index (χ3v) is 15.3. The predicted molar refractivity (Wildman–Crippen MR) is 314 cm³/mol. The van der Waals surface area contributed by atoms with Crippen molar-refractivity contribution < 1.29 is 57.5 Å². The highest BCUT2D eigenvalue weighted by Crippen LogP contribution is 2.25. The van der Waals surface area contributed by atoms with Crippen molar-refractivity contribution in [2.24, 2.45) is 47.3 Å². The van der Waals surface area contributed by atoms with E-state index in [1.807, 2.05) is 55.4 Å². The van der Waals surface area contributed by atoms with Gasteiger partial charge in [0.05, 0.1) is 6.54 Å². The van der Waals surface area contributed by atoms with Crippen LogP contribution < -0.4 is 21.3 Å². The molecule has 1 heterocycles. The Hall–Kier alpha value is -6.16. The van der Waals surface area contributed by atoms with Crippen molar-refractivity contribution >= 4 is 71.4 Å². The van der Waals surface area contributed by atoms with Gasteiger partial charge < -0.3 is 55.0 Å². The number of aldehydes is 1. The van der Waals surface area contributed by atoms with E-state index in [0.717, 1.165) is 9.80 Å². The van der Waals surface area contributed by atoms with E-state index in [2.05, 4.69) is 21.3 Å². The topological polar surface area (TPSA) is 276 Å². The van der Waals surface area contributed by atoms with E-state index < -0.39 is 150 Å². The first-order valence-corrected chi connectivity index (χ1v) is 29.2. The minimum Gasteiger partial charge on any atom is -0.343 e. The van der Waals surface area contributed by atoms with Gasteiger partial charge >= 0.3 is 6.03 Å². The number of likely N-dealkylation sites (N-methyl/N-ethyl adjacent to an activating group) is 7. The molecule has 1 rings (SSSR count). The van der Waals surface area contributed by atoms with Crippen molar-refractivity contribution in [2.45, 2.75) is 204 Å². The van der Waals surface area contributed by atoms with Crippen molar-refractivity contribution in [1.82, 2.24) is 55.6 Å². The second kappa shape index (κ2) is 33.2. The predicted octanol–water partition coefficient (Wildman–Crippen LogP) is 3.37. The van der Waals surface area contributed by atoms with E-state index in [-0.39, 0.29) is 62.2 Å². The first kappa shape index (κ1) is 73.9. The molecule has 0 saturated carbocycles. The Balaban J connectivity index is 4.29. The summed E-state index contributed by atoms with van der Waals surface area (Å²) in [5, 5.41) is 10.6. The van der Waals surface area contributed by atoms with Crippen LogP contribution in [0.2, 0.25) is 0 Å². The molecule has 1 aliphatic rings. The number of amides is 12. The summed E-state index contributed by atoms with van der Waals surface area (Å²) in [5.74, 6) is -9.48. The van der Waals surface area contributed by atoms with Crippen LogP contribution in [0.15, 0.2) is 0 Å². The van der Waals surface area contributed by atoms with Gasteiger partial charge in [-0.25, -0.2) is 4.79 Å². The molecule has 0 radical (unpaired) electrons. The summed E-state index contributed by atoms with van der Waals surface area (Å²) in [5.41, 5.74) is 0. The molecule has 10 atom stereocenters. The molecule has 1 aliphatic heterocycles. The van der Waals surface area contributed by atoms with Crippen molar-refractivity contribution in [1.29, 1.82) is 0 Å². The number of hydrogen-bond donors (Lipinski definition) is 4. The molecule has 23 nitrogen and oxygen atoms in total. The Bertz CT molecular complexity index is 2240. The van der Waals surface area contributed by atoms with Gasteiger partial charge in [0.25, 0.3) is 0 Å². The first-order valence-electron chi connectivity index (χ1n) is 29.2. The number of nitrogens with zero attached hydrogens (tertiary/aromatic N) is 7. The Labute approximate surface area is 489 Å². The molecule has 4 N–H and O–H groups in total. The van der Waals surface area contributed by atoms with Crippen LogP contribution in [0.4, 0.5) is 4.79 Å². The van der Waals surface area contributed by atoms with Gasteiger partial charge in [-0.15, -0.1) is 0 Å². The summed E-state index contributed by atoms with van der Waals surface area (Å²) in [6.45, 7) is 27.7. The average Bonchev–Trinajstić information content (AvgIpc) is 3.57. The SMILES string of the molecule is CC(C)CC1C(=O)N[C@H](C)C(=O)NC(=O)N(C)[C@H](CC(C)C)C(=O)N(C)C(CC(C)C)C(=O)N(C)C(C(C)C)C(=O)N(C)C(C[C@H](C)CC=O)C(=O)NC(C(C)C)C(=O)N(C)CC(=O)N(C)[C@@H](CC(C)C)C(=O)NC(C(C)C)C(=O)N1C. The lowest BCUT2D eigenvalue weighted by molar-refractivity contribution is -0.154. The maximum atomic E-state index is 15.0. The number of rotatable bonds is 15. The van der Waals surface area contributed by atoms with E-state index in [0.29, 0.717) is 6.29 Å². The molecular weight excluding hydrogens is 1050 g/mol. The molecule has 0 aliphatic carbocycles. The number of imide groups is 1. The van der Waals surface area contributed by atoms with E-state index in [9.17, 15) is 47.9 Å². The highest BCUT2D eigenvalue weighted by molar-refractivity contribution is 6.02. The number of hydrogen-bond acceptors (Lipinski definition) is 12. The molecule has 0 bridgehead atoms. The van der Waals surface area contributed by atoms with Crippen LogP contribution in [0.25, 0.3) is 0 Å². The lowest BCUT2D eigenvalue weighted by Crippen LogP contribution is -2.62. The van der Waals surface area contributed by atoms with Gasteiger partial charge in [0.2, 0.25) is 59.1 Å². The second-order valence-electron chi connectivity index (χ2n) is 25.6. The molecule has 0 spiro atoms. The minimum atomic E-state index is -1.33. The fraction of sp³-hybridized carbons (Fsp3) is 0.797. The van der Waals surface area contributed by atoms with Gasteiger partial charge in [-0.05, 0) is 86.4 Å². The third-order valence-electron chi connectivity index (χ3n) is 15.3. The highest BCUT2D eigenvalue weighted by Gasteiger charge is 2.44. The molecule has 1 saturated heterocycles. The molecule has 0 aromatic heterocycles. The zero-order chi connectivity index (χ0) is 63.7. The molecule has 12 amide bonds. The van der Waals surface area contributed by atoms with Crippen LogP contribution in [0.5, 0.6) is 0 Å². The summed E-state index contributed by atoms with van der Waals surface area (Å²) in [6.07, 6.45) is 1.27. The number of carbonyl (C=O) groups excluding carboxylic acids is 12.